The summed E-state index contributed by atoms with van der Waals surface area (Å²) in [5.74, 6) is 0.106. The van der Waals surface area contributed by atoms with Gasteiger partial charge in [0.25, 0.3) is 0 Å². The van der Waals surface area contributed by atoms with Crippen molar-refractivity contribution in [3.63, 3.8) is 0 Å². The fraction of sp³-hybridized carbons (Fsp3) is 0.167. The van der Waals surface area contributed by atoms with Crippen molar-refractivity contribution in [1.82, 2.24) is 15.2 Å². The third kappa shape index (κ3) is 2.91. The summed E-state index contributed by atoms with van der Waals surface area (Å²) in [5.41, 5.74) is 6.35. The molecule has 5 rings (SSSR count). The third-order valence-electron chi connectivity index (χ3n) is 5.61. The molecule has 1 fully saturated rings. The third-order valence-corrected chi connectivity index (χ3v) is 5.61. The maximum atomic E-state index is 14.2. The van der Waals surface area contributed by atoms with Crippen molar-refractivity contribution < 1.29 is 4.39 Å². The van der Waals surface area contributed by atoms with Gasteiger partial charge in [-0.1, -0.05) is 48.9 Å². The molecule has 138 valence electrons. The summed E-state index contributed by atoms with van der Waals surface area (Å²) in [6, 6.07) is 20.4. The Balaban J connectivity index is 1.81. The van der Waals surface area contributed by atoms with E-state index in [9.17, 15) is 4.39 Å². The van der Waals surface area contributed by atoms with Gasteiger partial charge in [-0.25, -0.2) is 0 Å². The van der Waals surface area contributed by atoms with Crippen molar-refractivity contribution in [3.05, 3.63) is 95.7 Å². The molecule has 0 spiro atoms. The van der Waals surface area contributed by atoms with Gasteiger partial charge in [0.05, 0.1) is 10.9 Å². The first-order valence-electron chi connectivity index (χ1n) is 9.65. The molecule has 2 aromatic carbocycles. The first-order valence-corrected chi connectivity index (χ1v) is 9.65. The number of aromatic nitrogens is 3. The molecular weight excluding hydrogens is 349 g/mol. The Hall–Kier alpha value is -3.27. The van der Waals surface area contributed by atoms with Gasteiger partial charge in [0.2, 0.25) is 5.95 Å². The summed E-state index contributed by atoms with van der Waals surface area (Å²) in [6.07, 6.45) is 7.28. The second-order valence-corrected chi connectivity index (χ2v) is 7.29. The fourth-order valence-electron chi connectivity index (χ4n) is 4.02. The van der Waals surface area contributed by atoms with Crippen molar-refractivity contribution in [3.8, 4) is 0 Å². The lowest BCUT2D eigenvalue weighted by Crippen LogP contribution is -2.15. The maximum absolute atomic E-state index is 14.2. The van der Waals surface area contributed by atoms with Crippen LogP contribution in [0.1, 0.15) is 36.0 Å². The largest absolute Gasteiger partial charge is 0.264 e. The van der Waals surface area contributed by atoms with E-state index in [1.165, 1.54) is 30.4 Å². The lowest BCUT2D eigenvalue weighted by molar-refractivity contribution is 0.401. The Morgan fingerprint density at radius 3 is 2.46 bits per heavy atom. The Kier molecular flexibility index (Phi) is 4.24. The van der Waals surface area contributed by atoms with E-state index in [1.807, 2.05) is 36.5 Å². The first-order chi connectivity index (χ1) is 13.8. The molecule has 1 saturated carbocycles. The molecular formula is C24H20FN3. The molecule has 1 aliphatic rings. The number of hydrogen-bond acceptors (Lipinski definition) is 2. The lowest BCUT2D eigenvalue weighted by Gasteiger charge is -2.31. The van der Waals surface area contributed by atoms with Gasteiger partial charge in [-0.05, 0) is 59.2 Å². The molecule has 0 amide bonds. The van der Waals surface area contributed by atoms with E-state index in [2.05, 4.69) is 45.5 Å². The highest BCUT2D eigenvalue weighted by atomic mass is 19.1. The minimum Gasteiger partial charge on any atom is -0.264 e. The van der Waals surface area contributed by atoms with Crippen LogP contribution in [0, 0.1) is 11.9 Å². The molecule has 1 aliphatic carbocycles. The molecule has 3 nitrogen and oxygen atoms in total. The minimum atomic E-state index is -0.396. The SMILES string of the molecule is Fc1[nH]nc2ccc(/C(=C(/c3ccccc3)C3CCC3)c3cccnc3)cc12. The summed E-state index contributed by atoms with van der Waals surface area (Å²) in [6.45, 7) is 0. The summed E-state index contributed by atoms with van der Waals surface area (Å²) >= 11 is 0. The second kappa shape index (κ2) is 7.04. The van der Waals surface area contributed by atoms with E-state index in [-0.39, 0.29) is 0 Å². The average Bonchev–Trinajstić information content (AvgIpc) is 3.08. The zero-order valence-electron chi connectivity index (χ0n) is 15.4. The van der Waals surface area contributed by atoms with Crippen LogP contribution in [-0.2, 0) is 0 Å². The number of nitrogens with zero attached hydrogens (tertiary/aromatic N) is 2. The van der Waals surface area contributed by atoms with Crippen LogP contribution in [0.15, 0.2) is 73.1 Å². The molecule has 0 atom stereocenters. The zero-order valence-corrected chi connectivity index (χ0v) is 15.4. The topological polar surface area (TPSA) is 41.6 Å². The van der Waals surface area contributed by atoms with E-state index in [0.29, 0.717) is 16.8 Å². The Labute approximate surface area is 163 Å². The second-order valence-electron chi connectivity index (χ2n) is 7.29. The number of aromatic amines is 1. The molecule has 2 heterocycles. The average molecular weight is 369 g/mol. The van der Waals surface area contributed by atoms with E-state index in [4.69, 9.17) is 0 Å². The van der Waals surface area contributed by atoms with Gasteiger partial charge in [0, 0.05) is 18.0 Å². The van der Waals surface area contributed by atoms with Crippen LogP contribution < -0.4 is 0 Å². The van der Waals surface area contributed by atoms with E-state index < -0.39 is 5.95 Å². The van der Waals surface area contributed by atoms with Crippen LogP contribution in [0.25, 0.3) is 22.0 Å². The smallest absolute Gasteiger partial charge is 0.216 e. The molecule has 4 aromatic rings. The van der Waals surface area contributed by atoms with Crippen LogP contribution in [0.2, 0.25) is 0 Å². The minimum absolute atomic E-state index is 0.396. The van der Waals surface area contributed by atoms with Crippen LogP contribution >= 0.6 is 0 Å². The standard InChI is InChI=1S/C24H20FN3/c25-24-20-14-18(11-12-21(20)27-28-24)23(19-10-5-13-26-15-19)22(17-8-4-9-17)16-6-2-1-3-7-16/h1-3,5-7,10-15,17H,4,8-9H2,(H,27,28)/b23-22+. The molecule has 28 heavy (non-hydrogen) atoms. The van der Waals surface area contributed by atoms with Gasteiger partial charge in [0.15, 0.2) is 0 Å². The lowest BCUT2D eigenvalue weighted by atomic mass is 9.73. The molecule has 4 heteroatoms. The van der Waals surface area contributed by atoms with Crippen molar-refractivity contribution in [1.29, 1.82) is 0 Å². The normalized spacial score (nSPS) is 15.3. The number of H-pyrrole nitrogens is 1. The zero-order chi connectivity index (χ0) is 18.9. The quantitative estimate of drug-likeness (QED) is 0.458. The van der Waals surface area contributed by atoms with E-state index in [0.717, 1.165) is 16.7 Å². The van der Waals surface area contributed by atoms with Gasteiger partial charge in [-0.15, -0.1) is 0 Å². The Morgan fingerprint density at radius 1 is 0.929 bits per heavy atom. The highest BCUT2D eigenvalue weighted by Gasteiger charge is 2.27. The molecule has 0 bridgehead atoms. The van der Waals surface area contributed by atoms with Gasteiger partial charge in [-0.3, -0.25) is 10.1 Å². The number of benzene rings is 2. The summed E-state index contributed by atoms with van der Waals surface area (Å²) in [4.78, 5) is 4.35. The van der Waals surface area contributed by atoms with Crippen molar-refractivity contribution >= 4 is 22.0 Å². The molecule has 0 aliphatic heterocycles. The van der Waals surface area contributed by atoms with Gasteiger partial charge in [-0.2, -0.15) is 9.49 Å². The molecule has 2 aromatic heterocycles. The first kappa shape index (κ1) is 16.9. The Bertz CT molecular complexity index is 1140. The fourth-order valence-corrected chi connectivity index (χ4v) is 4.02. The van der Waals surface area contributed by atoms with Crippen molar-refractivity contribution in [2.45, 2.75) is 19.3 Å². The van der Waals surface area contributed by atoms with Gasteiger partial charge in [0.1, 0.15) is 0 Å². The number of rotatable bonds is 4. The molecule has 1 N–H and O–H groups in total. The van der Waals surface area contributed by atoms with Crippen LogP contribution in [-0.4, -0.2) is 15.2 Å². The molecule has 0 unspecified atom stereocenters. The van der Waals surface area contributed by atoms with Gasteiger partial charge >= 0.3 is 0 Å². The van der Waals surface area contributed by atoms with Crippen LogP contribution in [0.4, 0.5) is 4.39 Å². The van der Waals surface area contributed by atoms with Crippen molar-refractivity contribution in [2.75, 3.05) is 0 Å². The highest BCUT2D eigenvalue weighted by Crippen LogP contribution is 2.45. The number of halogens is 1. The van der Waals surface area contributed by atoms with Gasteiger partial charge < -0.3 is 0 Å². The van der Waals surface area contributed by atoms with E-state index in [1.54, 1.807) is 6.20 Å². The summed E-state index contributed by atoms with van der Waals surface area (Å²) in [7, 11) is 0. The Morgan fingerprint density at radius 2 is 1.75 bits per heavy atom. The number of nitrogens with one attached hydrogen (secondary N) is 1. The molecule has 0 saturated heterocycles. The maximum Gasteiger partial charge on any atom is 0.216 e. The number of allylic oxidation sites excluding steroid dienone is 1. The number of hydrogen-bond donors (Lipinski definition) is 1. The highest BCUT2D eigenvalue weighted by molar-refractivity contribution is 6.01. The summed E-state index contributed by atoms with van der Waals surface area (Å²) < 4.78 is 14.2. The van der Waals surface area contributed by atoms with E-state index >= 15 is 0 Å². The number of fused-ring (bicyclic) bond motifs is 1. The molecule has 0 radical (unpaired) electrons. The van der Waals surface area contributed by atoms with Crippen LogP contribution in [0.3, 0.4) is 0 Å². The summed E-state index contributed by atoms with van der Waals surface area (Å²) in [5, 5.41) is 6.99. The monoisotopic (exact) mass is 369 g/mol. The number of pyridine rings is 1. The van der Waals surface area contributed by atoms with Crippen molar-refractivity contribution in [2.24, 2.45) is 5.92 Å². The van der Waals surface area contributed by atoms with Crippen LogP contribution in [0.5, 0.6) is 0 Å². The predicted octanol–water partition coefficient (Wildman–Crippen LogP) is 5.86. The predicted molar refractivity (Wildman–Crippen MR) is 110 cm³/mol.